The maximum atomic E-state index is 12.2. The van der Waals surface area contributed by atoms with Gasteiger partial charge in [0, 0.05) is 17.2 Å². The van der Waals surface area contributed by atoms with E-state index in [2.05, 4.69) is 10.3 Å². The topological polar surface area (TPSA) is 68.3 Å². The van der Waals surface area contributed by atoms with Gasteiger partial charge in [0.2, 0.25) is 5.91 Å². The van der Waals surface area contributed by atoms with Gasteiger partial charge in [0.15, 0.2) is 0 Å². The number of thiazole rings is 1. The molecule has 0 saturated heterocycles. The molecule has 1 aromatic carbocycles. The van der Waals surface area contributed by atoms with Crippen molar-refractivity contribution < 1.29 is 14.3 Å². The summed E-state index contributed by atoms with van der Waals surface area (Å²) in [6.45, 7) is 3.99. The Kier molecular flexibility index (Phi) is 6.69. The third-order valence-corrected chi connectivity index (χ3v) is 4.11. The summed E-state index contributed by atoms with van der Waals surface area (Å²) in [4.78, 5) is 29.0. The average molecular weight is 344 g/mol. The predicted octanol–water partition coefficient (Wildman–Crippen LogP) is 3.28. The van der Waals surface area contributed by atoms with Crippen LogP contribution in [0.1, 0.15) is 34.8 Å². The number of aryl methyl sites for hydroxylation is 1. The van der Waals surface area contributed by atoms with Gasteiger partial charge < -0.3 is 10.1 Å². The second kappa shape index (κ2) is 8.98. The van der Waals surface area contributed by atoms with E-state index in [0.717, 1.165) is 15.4 Å². The van der Waals surface area contributed by atoms with E-state index >= 15 is 0 Å². The zero-order valence-corrected chi connectivity index (χ0v) is 14.5. The summed E-state index contributed by atoms with van der Waals surface area (Å²) >= 11 is 1.51. The third kappa shape index (κ3) is 5.62. The Morgan fingerprint density at radius 2 is 2.08 bits per heavy atom. The smallest absolute Gasteiger partial charge is 0.308 e. The number of nitrogens with one attached hydrogen (secondary N) is 1. The van der Waals surface area contributed by atoms with Crippen molar-refractivity contribution in [3.05, 3.63) is 58.1 Å². The predicted molar refractivity (Wildman–Crippen MR) is 94.5 cm³/mol. The highest BCUT2D eigenvalue weighted by atomic mass is 32.1. The molecule has 1 aromatic heterocycles. The Bertz CT molecular complexity index is 710. The van der Waals surface area contributed by atoms with Gasteiger partial charge in [-0.05, 0) is 25.5 Å². The van der Waals surface area contributed by atoms with Crippen molar-refractivity contribution in [2.75, 3.05) is 6.61 Å². The number of hydrogen-bond donors (Lipinski definition) is 1. The van der Waals surface area contributed by atoms with E-state index in [1.807, 2.05) is 37.3 Å². The first-order valence-electron chi connectivity index (χ1n) is 7.70. The fourth-order valence-corrected chi connectivity index (χ4v) is 2.84. The number of carbonyl (C=O) groups is 2. The zero-order valence-electron chi connectivity index (χ0n) is 13.7. The van der Waals surface area contributed by atoms with Crippen LogP contribution in [0.3, 0.4) is 0 Å². The summed E-state index contributed by atoms with van der Waals surface area (Å²) in [6.07, 6.45) is 4.98. The van der Waals surface area contributed by atoms with Crippen LogP contribution in [0.2, 0.25) is 0 Å². The van der Waals surface area contributed by atoms with Gasteiger partial charge in [-0.15, -0.1) is 11.3 Å². The van der Waals surface area contributed by atoms with Gasteiger partial charge in [-0.3, -0.25) is 9.59 Å². The fourth-order valence-electron chi connectivity index (χ4n) is 2.16. The molecule has 0 fully saturated rings. The molecule has 0 aliphatic heterocycles. The zero-order chi connectivity index (χ0) is 17.4. The first kappa shape index (κ1) is 17.9. The van der Waals surface area contributed by atoms with Gasteiger partial charge in [0.05, 0.1) is 24.1 Å². The van der Waals surface area contributed by atoms with Crippen LogP contribution in [0.5, 0.6) is 0 Å². The lowest BCUT2D eigenvalue weighted by molar-refractivity contribution is -0.143. The van der Waals surface area contributed by atoms with Crippen molar-refractivity contribution in [2.45, 2.75) is 26.3 Å². The van der Waals surface area contributed by atoms with Crippen LogP contribution in [0.15, 0.2) is 42.6 Å². The molecule has 0 bridgehead atoms. The maximum absolute atomic E-state index is 12.2. The fraction of sp³-hybridized carbons (Fsp3) is 0.278. The van der Waals surface area contributed by atoms with E-state index in [-0.39, 0.29) is 18.3 Å². The molecule has 0 radical (unpaired) electrons. The van der Waals surface area contributed by atoms with E-state index in [4.69, 9.17) is 4.74 Å². The standard InChI is InChI=1S/C18H20N2O3S/c1-3-23-18(22)11-16(14-7-5-4-6-8-14)20-17(21)10-9-15-12-19-13(2)24-15/h4-10,12,16H,3,11H2,1-2H3,(H,20,21)/b10-9-/t16-/m1/s1. The highest BCUT2D eigenvalue weighted by Crippen LogP contribution is 2.18. The summed E-state index contributed by atoms with van der Waals surface area (Å²) in [5.74, 6) is -0.604. The molecule has 5 nitrogen and oxygen atoms in total. The Labute approximate surface area is 145 Å². The van der Waals surface area contributed by atoms with Crippen LogP contribution in [0.4, 0.5) is 0 Å². The van der Waals surface area contributed by atoms with Crippen molar-refractivity contribution in [1.82, 2.24) is 10.3 Å². The minimum Gasteiger partial charge on any atom is -0.466 e. The molecule has 1 N–H and O–H groups in total. The molecule has 0 aliphatic carbocycles. The van der Waals surface area contributed by atoms with E-state index in [1.54, 1.807) is 19.2 Å². The van der Waals surface area contributed by atoms with Crippen LogP contribution >= 0.6 is 11.3 Å². The molecule has 0 unspecified atom stereocenters. The lowest BCUT2D eigenvalue weighted by Crippen LogP contribution is -2.29. The van der Waals surface area contributed by atoms with Gasteiger partial charge in [-0.2, -0.15) is 0 Å². The Morgan fingerprint density at radius 3 is 2.71 bits per heavy atom. The van der Waals surface area contributed by atoms with Gasteiger partial charge in [0.1, 0.15) is 0 Å². The molecular weight excluding hydrogens is 324 g/mol. The molecule has 0 saturated carbocycles. The van der Waals surface area contributed by atoms with Crippen LogP contribution in [-0.4, -0.2) is 23.5 Å². The number of ether oxygens (including phenoxy) is 1. The SMILES string of the molecule is CCOC(=O)C[C@@H](NC(=O)/C=C\c1cnc(C)s1)c1ccccc1. The van der Waals surface area contributed by atoms with Crippen molar-refractivity contribution in [3.8, 4) is 0 Å². The number of benzene rings is 1. The minimum atomic E-state index is -0.425. The van der Waals surface area contributed by atoms with Crippen molar-refractivity contribution in [1.29, 1.82) is 0 Å². The summed E-state index contributed by atoms with van der Waals surface area (Å²) in [7, 11) is 0. The van der Waals surface area contributed by atoms with Crippen LogP contribution in [0, 0.1) is 6.92 Å². The van der Waals surface area contributed by atoms with E-state index in [1.165, 1.54) is 17.4 Å². The van der Waals surface area contributed by atoms with Gasteiger partial charge >= 0.3 is 5.97 Å². The molecule has 2 aromatic rings. The maximum Gasteiger partial charge on any atom is 0.308 e. The minimum absolute atomic E-state index is 0.0943. The highest BCUT2D eigenvalue weighted by molar-refractivity contribution is 7.12. The Hall–Kier alpha value is -2.47. The van der Waals surface area contributed by atoms with Gasteiger partial charge in [-0.25, -0.2) is 4.98 Å². The van der Waals surface area contributed by atoms with Crippen LogP contribution < -0.4 is 5.32 Å². The lowest BCUT2D eigenvalue weighted by atomic mass is 10.0. The second-order valence-corrected chi connectivity index (χ2v) is 6.36. The quantitative estimate of drug-likeness (QED) is 0.618. The van der Waals surface area contributed by atoms with Crippen LogP contribution in [-0.2, 0) is 14.3 Å². The molecule has 0 spiro atoms. The van der Waals surface area contributed by atoms with Crippen molar-refractivity contribution in [2.24, 2.45) is 0 Å². The third-order valence-electron chi connectivity index (χ3n) is 3.23. The van der Waals surface area contributed by atoms with Crippen LogP contribution in [0.25, 0.3) is 6.08 Å². The molecule has 2 rings (SSSR count). The van der Waals surface area contributed by atoms with Crippen molar-refractivity contribution >= 4 is 29.3 Å². The summed E-state index contributed by atoms with van der Waals surface area (Å²) in [6, 6.07) is 8.95. The molecule has 1 atom stereocenters. The summed E-state index contributed by atoms with van der Waals surface area (Å²) in [5.41, 5.74) is 0.862. The second-order valence-electron chi connectivity index (χ2n) is 5.10. The average Bonchev–Trinajstić information content (AvgIpc) is 2.99. The Morgan fingerprint density at radius 1 is 1.33 bits per heavy atom. The molecule has 1 amide bonds. The number of hydrogen-bond acceptors (Lipinski definition) is 5. The van der Waals surface area contributed by atoms with Gasteiger partial charge in [-0.1, -0.05) is 30.3 Å². The normalized spacial score (nSPS) is 12.1. The number of rotatable bonds is 7. The lowest BCUT2D eigenvalue weighted by Gasteiger charge is -2.17. The van der Waals surface area contributed by atoms with E-state index in [0.29, 0.717) is 6.61 Å². The number of carbonyl (C=O) groups excluding carboxylic acids is 2. The molecule has 1 heterocycles. The first-order chi connectivity index (χ1) is 11.6. The Balaban J connectivity index is 2.05. The monoisotopic (exact) mass is 344 g/mol. The van der Waals surface area contributed by atoms with E-state index in [9.17, 15) is 9.59 Å². The first-order valence-corrected chi connectivity index (χ1v) is 8.51. The molecule has 0 aliphatic rings. The highest BCUT2D eigenvalue weighted by Gasteiger charge is 2.18. The number of nitrogens with zero attached hydrogens (tertiary/aromatic N) is 1. The van der Waals surface area contributed by atoms with Gasteiger partial charge in [0.25, 0.3) is 0 Å². The molecule has 126 valence electrons. The largest absolute Gasteiger partial charge is 0.466 e. The number of esters is 1. The molecule has 6 heteroatoms. The summed E-state index contributed by atoms with van der Waals surface area (Å²) < 4.78 is 4.99. The van der Waals surface area contributed by atoms with Crippen molar-refractivity contribution in [3.63, 3.8) is 0 Å². The van der Waals surface area contributed by atoms with E-state index < -0.39 is 6.04 Å². The molecule has 24 heavy (non-hydrogen) atoms. The number of amides is 1. The number of aromatic nitrogens is 1. The summed E-state index contributed by atoms with van der Waals surface area (Å²) in [5, 5.41) is 3.80. The molecular formula is C18H20N2O3S.